The van der Waals surface area contributed by atoms with Gasteiger partial charge < -0.3 is 45.0 Å². The zero-order chi connectivity index (χ0) is 25.9. The third-order valence-electron chi connectivity index (χ3n) is 7.88. The number of aromatic nitrogens is 4. The molecular formula is C20H29ClN5O9P. The Kier molecular flexibility index (Phi) is 6.82. The van der Waals surface area contributed by atoms with Gasteiger partial charge in [-0.3, -0.25) is 4.57 Å². The van der Waals surface area contributed by atoms with Crippen LogP contribution in [0.2, 0.25) is 5.28 Å². The Morgan fingerprint density at radius 1 is 1.22 bits per heavy atom. The quantitative estimate of drug-likeness (QED) is 0.158. The molecule has 5 atom stereocenters. The number of hydrogen-bond acceptors (Lipinski definition) is 11. The molecule has 1 aliphatic heterocycles. The van der Waals surface area contributed by atoms with Crippen LogP contribution in [-0.2, 0) is 14.0 Å². The molecule has 3 heterocycles. The molecule has 1 spiro atoms. The summed E-state index contributed by atoms with van der Waals surface area (Å²) < 4.78 is 23.9. The van der Waals surface area contributed by atoms with Crippen molar-refractivity contribution in [3.63, 3.8) is 0 Å². The second-order valence-electron chi connectivity index (χ2n) is 9.78. The smallest absolute Gasteiger partial charge is 0.361 e. The summed E-state index contributed by atoms with van der Waals surface area (Å²) in [6.45, 7) is -3.01. The van der Waals surface area contributed by atoms with Crippen LogP contribution in [0.3, 0.4) is 0 Å². The van der Waals surface area contributed by atoms with Gasteiger partial charge in [-0.05, 0) is 42.7 Å². The van der Waals surface area contributed by atoms with E-state index in [2.05, 4.69) is 20.4 Å². The summed E-state index contributed by atoms with van der Waals surface area (Å²) in [6.07, 6.45) is 1.70. The fraction of sp³-hybridized carbons (Fsp3) is 0.750. The second kappa shape index (κ2) is 9.38. The molecule has 0 unspecified atom stereocenters. The van der Waals surface area contributed by atoms with Crippen molar-refractivity contribution in [3.05, 3.63) is 11.5 Å². The first kappa shape index (κ1) is 26.2. The van der Waals surface area contributed by atoms with Crippen LogP contribution in [0.1, 0.15) is 38.3 Å². The number of ether oxygens (including phenoxy) is 2. The molecule has 7 N–H and O–H groups in total. The highest BCUT2D eigenvalue weighted by molar-refractivity contribution is 7.53. The van der Waals surface area contributed by atoms with Crippen LogP contribution in [-0.4, -0.2) is 99.5 Å². The van der Waals surface area contributed by atoms with E-state index in [-0.39, 0.29) is 17.0 Å². The number of nitrogens with zero attached hydrogens (tertiary/aromatic N) is 4. The zero-order valence-corrected chi connectivity index (χ0v) is 20.8. The van der Waals surface area contributed by atoms with Crippen molar-refractivity contribution >= 4 is 36.0 Å². The van der Waals surface area contributed by atoms with Crippen molar-refractivity contribution in [2.24, 2.45) is 5.41 Å². The molecule has 3 fully saturated rings. The Balaban J connectivity index is 1.36. The number of aliphatic hydroxyl groups is 4. The Bertz CT molecular complexity index is 1160. The molecule has 2 saturated carbocycles. The van der Waals surface area contributed by atoms with Crippen molar-refractivity contribution in [2.75, 3.05) is 25.1 Å². The van der Waals surface area contributed by atoms with E-state index < -0.39 is 57.3 Å². The molecule has 3 aliphatic rings. The maximum atomic E-state index is 11.7. The summed E-state index contributed by atoms with van der Waals surface area (Å²) in [4.78, 5) is 27.6. The first-order chi connectivity index (χ1) is 17.0. The number of nitrogens with one attached hydrogen (secondary N) is 1. The Morgan fingerprint density at radius 3 is 2.50 bits per heavy atom. The number of anilines is 1. The monoisotopic (exact) mass is 549 g/mol. The summed E-state index contributed by atoms with van der Waals surface area (Å²) >= 11 is 6.19. The summed E-state index contributed by atoms with van der Waals surface area (Å²) in [5.74, 6) is 0.512. The topological polar surface area (TPSA) is 213 Å². The molecule has 0 aromatic carbocycles. The lowest BCUT2D eigenvalue weighted by Crippen LogP contribution is -2.53. The molecule has 0 bridgehead atoms. The number of fused-ring (bicyclic) bond motifs is 1. The predicted molar refractivity (Wildman–Crippen MR) is 124 cm³/mol. The summed E-state index contributed by atoms with van der Waals surface area (Å²) in [6, 6.07) is 0.271. The van der Waals surface area contributed by atoms with Gasteiger partial charge in [0.15, 0.2) is 11.9 Å². The lowest BCUT2D eigenvalue weighted by atomic mass is 9.53. The molecule has 0 radical (unpaired) electrons. The molecule has 200 valence electrons. The fourth-order valence-electron chi connectivity index (χ4n) is 5.23. The van der Waals surface area contributed by atoms with Crippen LogP contribution in [0, 0.1) is 5.41 Å². The molecule has 2 aliphatic carbocycles. The second-order valence-corrected chi connectivity index (χ2v) is 12.0. The molecule has 2 aromatic heterocycles. The minimum Gasteiger partial charge on any atom is -0.393 e. The first-order valence-corrected chi connectivity index (χ1v) is 13.6. The fourth-order valence-corrected chi connectivity index (χ4v) is 6.00. The van der Waals surface area contributed by atoms with E-state index in [9.17, 15) is 34.8 Å². The molecule has 36 heavy (non-hydrogen) atoms. The van der Waals surface area contributed by atoms with E-state index in [1.54, 1.807) is 0 Å². The van der Waals surface area contributed by atoms with Crippen molar-refractivity contribution in [3.8, 4) is 0 Å². The number of rotatable bonds is 9. The van der Waals surface area contributed by atoms with E-state index in [1.165, 1.54) is 36.6 Å². The van der Waals surface area contributed by atoms with Crippen LogP contribution < -0.4 is 5.32 Å². The highest BCUT2D eigenvalue weighted by Gasteiger charge is 2.52. The molecule has 1 saturated heterocycles. The Hall–Kier alpha value is -1.45. The van der Waals surface area contributed by atoms with Crippen molar-refractivity contribution in [1.82, 2.24) is 19.7 Å². The maximum absolute atomic E-state index is 11.7. The van der Waals surface area contributed by atoms with Crippen LogP contribution in [0.15, 0.2) is 6.20 Å². The lowest BCUT2D eigenvalue weighted by Gasteiger charge is -2.56. The highest BCUT2D eigenvalue weighted by atomic mass is 35.5. The maximum Gasteiger partial charge on any atom is 0.361 e. The molecule has 14 nitrogen and oxygen atoms in total. The van der Waals surface area contributed by atoms with Crippen LogP contribution in [0.4, 0.5) is 5.82 Å². The average Bonchev–Trinajstić information content (AvgIpc) is 3.31. The van der Waals surface area contributed by atoms with Gasteiger partial charge in [-0.15, -0.1) is 0 Å². The lowest BCUT2D eigenvalue weighted by molar-refractivity contribution is -0.121. The van der Waals surface area contributed by atoms with Gasteiger partial charge >= 0.3 is 7.60 Å². The number of hydrogen-bond donors (Lipinski definition) is 7. The standard InChI is InChI=1S/C20H29ClN5O9P/c21-18-24-15(23-12-2-5-19(12)3-1-4-19)10-6-22-26(16(10)25-18)17-14(30)13(29)11(35-17)7-34-20(8-27,9-28)36(31,32)33/h6,11-14,17,27-30H,1-5,7-9H2,(H,23,24,25)(H2,31,32,33)/t11-,12-,13-,14-,17-/m1/s1. The van der Waals surface area contributed by atoms with Crippen molar-refractivity contribution in [1.29, 1.82) is 0 Å². The van der Waals surface area contributed by atoms with Gasteiger partial charge in [0.2, 0.25) is 10.6 Å². The van der Waals surface area contributed by atoms with Gasteiger partial charge in [0.05, 0.1) is 31.4 Å². The molecule has 16 heteroatoms. The van der Waals surface area contributed by atoms with Gasteiger partial charge in [0.1, 0.15) is 24.1 Å². The van der Waals surface area contributed by atoms with Crippen molar-refractivity contribution < 1.29 is 44.3 Å². The largest absolute Gasteiger partial charge is 0.393 e. The first-order valence-electron chi connectivity index (χ1n) is 11.6. The summed E-state index contributed by atoms with van der Waals surface area (Å²) in [5.41, 5.74) is 0.556. The van der Waals surface area contributed by atoms with Crippen molar-refractivity contribution in [2.45, 2.75) is 68.0 Å². The van der Waals surface area contributed by atoms with Gasteiger partial charge in [0, 0.05) is 6.04 Å². The summed E-state index contributed by atoms with van der Waals surface area (Å²) in [5, 5.41) is 45.7. The molecule has 0 amide bonds. The van der Waals surface area contributed by atoms with E-state index in [4.69, 9.17) is 21.1 Å². The molecule has 2 aromatic rings. The van der Waals surface area contributed by atoms with Gasteiger partial charge in [-0.2, -0.15) is 15.1 Å². The minimum atomic E-state index is -5.10. The Labute approximate surface area is 210 Å². The van der Waals surface area contributed by atoms with Crippen LogP contribution in [0.5, 0.6) is 0 Å². The summed E-state index contributed by atoms with van der Waals surface area (Å²) in [7, 11) is -5.10. The van der Waals surface area contributed by atoms with E-state index in [0.717, 1.165) is 6.42 Å². The SMILES string of the molecule is O=P(O)(O)C(CO)(CO)OC[C@H]1O[C@@H](n2ncc3c(N[C@@H]4CCC45CCC5)nc(Cl)nc32)[C@H](O)[C@@H]1O. The number of aliphatic hydroxyl groups excluding tert-OH is 4. The highest BCUT2D eigenvalue weighted by Crippen LogP contribution is 2.57. The van der Waals surface area contributed by atoms with Gasteiger partial charge in [-0.25, -0.2) is 4.68 Å². The normalized spacial score (nSPS) is 29.9. The predicted octanol–water partition coefficient (Wildman–Crippen LogP) is -0.281. The third-order valence-corrected chi connectivity index (χ3v) is 9.52. The van der Waals surface area contributed by atoms with Gasteiger partial charge in [0.25, 0.3) is 0 Å². The zero-order valence-electron chi connectivity index (χ0n) is 19.1. The Morgan fingerprint density at radius 2 is 1.94 bits per heavy atom. The molecule has 5 rings (SSSR count). The molecular weight excluding hydrogens is 521 g/mol. The van der Waals surface area contributed by atoms with E-state index >= 15 is 0 Å². The van der Waals surface area contributed by atoms with Crippen LogP contribution >= 0.6 is 19.2 Å². The third kappa shape index (κ3) is 4.13. The number of halogens is 1. The minimum absolute atomic E-state index is 0.0426. The van der Waals surface area contributed by atoms with Crippen LogP contribution in [0.25, 0.3) is 11.0 Å². The average molecular weight is 550 g/mol. The van der Waals surface area contributed by atoms with E-state index in [0.29, 0.717) is 16.6 Å². The van der Waals surface area contributed by atoms with E-state index in [1.807, 2.05) is 0 Å². The van der Waals surface area contributed by atoms with Gasteiger partial charge in [-0.1, -0.05) is 6.42 Å².